The van der Waals surface area contributed by atoms with Crippen molar-refractivity contribution in [1.29, 1.82) is 0 Å². The fraction of sp³-hybridized carbons (Fsp3) is 0.163. The van der Waals surface area contributed by atoms with Gasteiger partial charge in [-0.1, -0.05) is 115 Å². The number of rotatable bonds is 14. The number of benzene rings is 5. The number of hydrogen-bond acceptors (Lipinski definition) is 8. The monoisotopic (exact) mass is 826 g/mol. The minimum atomic E-state index is -5.04. The van der Waals surface area contributed by atoms with Gasteiger partial charge in [0.2, 0.25) is 0 Å². The largest absolute Gasteiger partial charge is 0.527 e. The molecule has 0 saturated carbocycles. The van der Waals surface area contributed by atoms with Crippen LogP contribution in [-0.4, -0.2) is 46.6 Å². The molecule has 1 aliphatic rings. The zero-order valence-corrected chi connectivity index (χ0v) is 32.9. The normalized spacial score (nSPS) is 19.0. The van der Waals surface area contributed by atoms with Gasteiger partial charge in [0, 0.05) is 23.5 Å². The topological polar surface area (TPSA) is 125 Å². The molecule has 57 heavy (non-hydrogen) atoms. The molecular weight excluding hydrogens is 790 g/mol. The lowest BCUT2D eigenvalue weighted by Crippen LogP contribution is -2.39. The smallest absolute Gasteiger partial charge is 0.497 e. The number of halogens is 2. The zero-order chi connectivity index (χ0) is 40.0. The van der Waals surface area contributed by atoms with Crippen LogP contribution in [0.15, 0.2) is 163 Å². The van der Waals surface area contributed by atoms with Crippen LogP contribution >= 0.6 is 31.2 Å². The molecule has 292 valence electrons. The Morgan fingerprint density at radius 3 is 2.04 bits per heavy atom. The third-order valence-electron chi connectivity index (χ3n) is 9.41. The summed E-state index contributed by atoms with van der Waals surface area (Å²) in [5.41, 5.74) is 0.957. The number of aromatic nitrogens is 1. The van der Waals surface area contributed by atoms with Crippen molar-refractivity contribution in [1.82, 2.24) is 4.57 Å². The number of carbonyl (C=O) groups excluding carboxylic acids is 1. The molecule has 1 aromatic heterocycles. The lowest BCUT2D eigenvalue weighted by Gasteiger charge is -2.37. The van der Waals surface area contributed by atoms with Crippen molar-refractivity contribution in [3.05, 3.63) is 195 Å². The van der Waals surface area contributed by atoms with E-state index < -0.39 is 47.8 Å². The van der Waals surface area contributed by atoms with Crippen molar-refractivity contribution in [3.63, 3.8) is 0 Å². The molecular formula is C43H37ClFN2O8PS. The second-order valence-corrected chi connectivity index (χ2v) is 16.1. The molecule has 7 rings (SSSR count). The average molecular weight is 827 g/mol. The fourth-order valence-electron chi connectivity index (χ4n) is 6.70. The van der Waals surface area contributed by atoms with Crippen molar-refractivity contribution < 1.29 is 37.2 Å². The number of hydrogen-bond donors (Lipinski definition) is 2. The Morgan fingerprint density at radius 2 is 1.44 bits per heavy atom. The van der Waals surface area contributed by atoms with Crippen molar-refractivity contribution in [2.24, 2.45) is 0 Å². The number of phosphoric acid groups is 1. The molecule has 14 heteroatoms. The molecule has 5 aromatic carbocycles. The van der Waals surface area contributed by atoms with Gasteiger partial charge in [-0.15, -0.1) is 11.8 Å². The van der Waals surface area contributed by atoms with E-state index in [-0.39, 0.29) is 23.1 Å². The van der Waals surface area contributed by atoms with Gasteiger partial charge >= 0.3 is 7.82 Å². The quantitative estimate of drug-likeness (QED) is 0.0817. The molecule has 1 unspecified atom stereocenters. The minimum absolute atomic E-state index is 0.0479. The average Bonchev–Trinajstić information content (AvgIpc) is 3.53. The molecule has 0 aliphatic carbocycles. The van der Waals surface area contributed by atoms with Crippen molar-refractivity contribution in [3.8, 4) is 11.5 Å². The van der Waals surface area contributed by atoms with Crippen LogP contribution in [0.1, 0.15) is 32.4 Å². The maximum atomic E-state index is 17.0. The van der Waals surface area contributed by atoms with Gasteiger partial charge in [0.05, 0.1) is 24.0 Å². The maximum Gasteiger partial charge on any atom is 0.527 e. The van der Waals surface area contributed by atoms with E-state index in [9.17, 15) is 19.0 Å². The number of nitrogens with zero attached hydrogens (tertiary/aromatic N) is 1. The molecule has 1 aliphatic heterocycles. The highest BCUT2D eigenvalue weighted by Crippen LogP contribution is 2.54. The van der Waals surface area contributed by atoms with Gasteiger partial charge in [-0.2, -0.15) is 0 Å². The number of phosphoric ester groups is 1. The SMILES string of the molecule is COc1ccc(C(OC[C@H]2S[C@@H](n3ccc(NC(=O)c4ccccc4)cc3=O)[C@@H](F)[C@@H]2OP(=O)(O)Oc2ccccc2Cl)(c2ccccc2)c2ccccc2)cc1. The van der Waals surface area contributed by atoms with E-state index >= 15 is 4.39 Å². The molecule has 0 spiro atoms. The van der Waals surface area contributed by atoms with Gasteiger partial charge < -0.3 is 19.3 Å². The summed E-state index contributed by atoms with van der Waals surface area (Å²) in [4.78, 5) is 37.4. The number of alkyl halides is 1. The lowest BCUT2D eigenvalue weighted by molar-refractivity contribution is -0.0108. The van der Waals surface area contributed by atoms with Crippen LogP contribution in [0.25, 0.3) is 0 Å². The standard InChI is InChI=1S/C43H37ClFN2O8PS/c1-52-34-23-21-32(22-24-34)43(30-15-7-3-8-16-30,31-17-9-4-10-18-31)53-28-37-40(55-56(50,51)54-36-20-12-11-19-35(36)44)39(45)42(57-37)47-26-25-33(27-38(47)48)46-41(49)29-13-5-2-6-14-29/h2-27,37,39-40,42H,28H2,1H3,(H,46,49)(H,50,51)/t37-,39+,40-,42-/m1/s1. The Morgan fingerprint density at radius 1 is 0.860 bits per heavy atom. The third kappa shape index (κ3) is 8.87. The molecule has 1 amide bonds. The van der Waals surface area contributed by atoms with E-state index in [0.717, 1.165) is 33.0 Å². The summed E-state index contributed by atoms with van der Waals surface area (Å²) in [5.74, 6) is 0.0721. The van der Waals surface area contributed by atoms with Crippen molar-refractivity contribution >= 4 is 42.8 Å². The molecule has 6 aromatic rings. The van der Waals surface area contributed by atoms with Crippen LogP contribution in [0.3, 0.4) is 0 Å². The summed E-state index contributed by atoms with van der Waals surface area (Å²) in [7, 11) is -3.47. The van der Waals surface area contributed by atoms with E-state index in [1.54, 1.807) is 49.6 Å². The molecule has 1 fully saturated rings. The zero-order valence-electron chi connectivity index (χ0n) is 30.4. The number of methoxy groups -OCH3 is 1. The number of ether oxygens (including phenoxy) is 2. The van der Waals surface area contributed by atoms with Crippen LogP contribution < -0.4 is 20.1 Å². The highest BCUT2D eigenvalue weighted by atomic mass is 35.5. The predicted octanol–water partition coefficient (Wildman–Crippen LogP) is 9.29. The summed E-state index contributed by atoms with van der Waals surface area (Å²) in [6, 6.07) is 43.6. The first-order chi connectivity index (χ1) is 27.6. The minimum Gasteiger partial charge on any atom is -0.497 e. The molecule has 10 nitrogen and oxygen atoms in total. The first-order valence-corrected chi connectivity index (χ1v) is 20.6. The first-order valence-electron chi connectivity index (χ1n) is 17.8. The van der Waals surface area contributed by atoms with E-state index in [4.69, 9.17) is 30.1 Å². The van der Waals surface area contributed by atoms with E-state index in [2.05, 4.69) is 5.32 Å². The van der Waals surface area contributed by atoms with Gasteiger partial charge in [0.25, 0.3) is 11.5 Å². The number of para-hydroxylation sites is 1. The van der Waals surface area contributed by atoms with Crippen molar-refractivity contribution in [2.75, 3.05) is 19.0 Å². The first kappa shape index (κ1) is 40.0. The van der Waals surface area contributed by atoms with Gasteiger partial charge in [-0.25, -0.2) is 8.96 Å². The third-order valence-corrected chi connectivity index (χ3v) is 12.2. The molecule has 2 heterocycles. The van der Waals surface area contributed by atoms with Crippen molar-refractivity contribution in [2.45, 2.75) is 28.5 Å². The Hall–Kier alpha value is -5.20. The molecule has 2 N–H and O–H groups in total. The number of amides is 1. The lowest BCUT2D eigenvalue weighted by atomic mass is 9.80. The van der Waals surface area contributed by atoms with Gasteiger partial charge in [0.15, 0.2) is 6.17 Å². The highest BCUT2D eigenvalue weighted by Gasteiger charge is 2.51. The fourth-order valence-corrected chi connectivity index (χ4v) is 9.50. The Kier molecular flexibility index (Phi) is 12.3. The van der Waals surface area contributed by atoms with E-state index in [1.807, 2.05) is 84.9 Å². The van der Waals surface area contributed by atoms with Crippen LogP contribution in [0.4, 0.5) is 10.1 Å². The van der Waals surface area contributed by atoms with Crippen LogP contribution in [0.5, 0.6) is 11.5 Å². The number of pyridine rings is 1. The second kappa shape index (κ2) is 17.5. The van der Waals surface area contributed by atoms with Crippen LogP contribution in [-0.2, 0) is 19.4 Å². The van der Waals surface area contributed by atoms with Crippen LogP contribution in [0.2, 0.25) is 5.02 Å². The summed E-state index contributed by atoms with van der Waals surface area (Å²) < 4.78 is 55.2. The summed E-state index contributed by atoms with van der Waals surface area (Å²) in [6.45, 7) is -0.228. The van der Waals surface area contributed by atoms with E-state index in [1.165, 1.54) is 30.5 Å². The molecule has 0 bridgehead atoms. The number of thioether (sulfide) groups is 1. The number of carbonyl (C=O) groups is 1. The molecule has 5 atom stereocenters. The van der Waals surface area contributed by atoms with Gasteiger partial charge in [-0.3, -0.25) is 23.6 Å². The number of anilines is 1. The predicted molar refractivity (Wildman–Crippen MR) is 219 cm³/mol. The maximum absolute atomic E-state index is 17.0. The van der Waals surface area contributed by atoms with Gasteiger partial charge in [0.1, 0.15) is 28.6 Å². The second-order valence-electron chi connectivity index (χ2n) is 13.0. The Bertz CT molecular complexity index is 2370. The Balaban J connectivity index is 1.25. The Labute approximate surface area is 337 Å². The molecule has 1 saturated heterocycles. The van der Waals surface area contributed by atoms with E-state index in [0.29, 0.717) is 11.3 Å². The highest BCUT2D eigenvalue weighted by molar-refractivity contribution is 8.00. The summed E-state index contributed by atoms with van der Waals surface area (Å²) >= 11 is 7.22. The molecule has 0 radical (unpaired) electrons. The summed E-state index contributed by atoms with van der Waals surface area (Å²) in [5, 5.41) is 0.526. The van der Waals surface area contributed by atoms with Gasteiger partial charge in [-0.05, 0) is 59.2 Å². The van der Waals surface area contributed by atoms with Crippen LogP contribution in [0, 0.1) is 0 Å². The summed E-state index contributed by atoms with van der Waals surface area (Å²) in [6.07, 6.45) is -2.28. The number of nitrogens with one attached hydrogen (secondary N) is 1.